The molecule has 2 aromatic rings. The van der Waals surface area contributed by atoms with E-state index in [2.05, 4.69) is 0 Å². The van der Waals surface area contributed by atoms with Gasteiger partial charge in [0.1, 0.15) is 18.6 Å². The number of hydrogen-bond donors (Lipinski definition) is 0. The summed E-state index contributed by atoms with van der Waals surface area (Å²) in [5, 5.41) is 9.14. The fraction of sp³-hybridized carbons (Fsp3) is 0.273. The van der Waals surface area contributed by atoms with Gasteiger partial charge in [-0.25, -0.2) is 18.6 Å². The molecule has 4 atom stereocenters. The topological polar surface area (TPSA) is 81.5 Å². The van der Waals surface area contributed by atoms with Gasteiger partial charge >= 0.3 is 12.2 Å². The lowest BCUT2D eigenvalue weighted by Crippen LogP contribution is -2.62. The van der Waals surface area contributed by atoms with E-state index >= 15 is 0 Å². The van der Waals surface area contributed by atoms with E-state index in [4.69, 9.17) is 5.26 Å². The summed E-state index contributed by atoms with van der Waals surface area (Å²) in [5.74, 6) is -2.77. The largest absolute Gasteiger partial charge is 0.433 e. The minimum atomic E-state index is -4.99. The number of anilines is 1. The molecule has 4 unspecified atom stereocenters. The van der Waals surface area contributed by atoms with Gasteiger partial charge < -0.3 is 0 Å². The Morgan fingerprint density at radius 2 is 1.88 bits per heavy atom. The van der Waals surface area contributed by atoms with Crippen LogP contribution in [-0.4, -0.2) is 58.9 Å². The molecule has 2 aromatic carbocycles. The summed E-state index contributed by atoms with van der Waals surface area (Å²) in [4.78, 5) is 43.0. The van der Waals surface area contributed by atoms with Crippen molar-refractivity contribution in [2.24, 2.45) is 0 Å². The van der Waals surface area contributed by atoms with E-state index in [1.54, 1.807) is 4.90 Å². The standard InChI is InChI=1S/C22H14F4IN4O3/c23-15-4-2-11(5-14(15)22(24,25)26)19(32)17-8-29-9-18-20(33)30(21(34)31(17,18)10-29)13-3-1-12(7-28)16(27)6-13/h1-6,17-18H,8-10H2/q+1. The van der Waals surface area contributed by atoms with Gasteiger partial charge in [-0.1, -0.05) is 0 Å². The zero-order valence-corrected chi connectivity index (χ0v) is 19.3. The number of alkyl halides is 3. The molecule has 34 heavy (non-hydrogen) atoms. The molecule has 0 radical (unpaired) electrons. The van der Waals surface area contributed by atoms with Gasteiger partial charge in [-0.2, -0.15) is 23.3 Å². The average molecular weight is 585 g/mol. The maximum Gasteiger partial charge on any atom is 0.433 e. The molecule has 12 heteroatoms. The number of piperazine rings is 1. The third-order valence-corrected chi connectivity index (χ3v) is 7.54. The molecule has 174 valence electrons. The van der Waals surface area contributed by atoms with Crippen molar-refractivity contribution in [3.8, 4) is 6.07 Å². The molecule has 3 fully saturated rings. The average Bonchev–Trinajstić information content (AvgIpc) is 3.41. The Bertz CT molecular complexity index is 1320. The number of halogens is 5. The van der Waals surface area contributed by atoms with E-state index in [-0.39, 0.29) is 31.0 Å². The number of amides is 3. The van der Waals surface area contributed by atoms with Crippen molar-refractivity contribution >= 4 is 46.0 Å². The number of ketones is 1. The van der Waals surface area contributed by atoms with Gasteiger partial charge in [0.15, 0.2) is 12.1 Å². The van der Waals surface area contributed by atoms with E-state index in [9.17, 15) is 31.9 Å². The summed E-state index contributed by atoms with van der Waals surface area (Å²) in [6, 6.07) is 5.84. The highest BCUT2D eigenvalue weighted by atomic mass is 127. The molecule has 0 aromatic heterocycles. The zero-order chi connectivity index (χ0) is 24.6. The lowest BCUT2D eigenvalue weighted by molar-refractivity contribution is -0.852. The van der Waals surface area contributed by atoms with Crippen LogP contribution in [0.25, 0.3) is 0 Å². The number of benzene rings is 2. The predicted molar refractivity (Wildman–Crippen MR) is 117 cm³/mol. The van der Waals surface area contributed by atoms with Crippen LogP contribution in [0, 0.1) is 20.7 Å². The molecular weight excluding hydrogens is 571 g/mol. The third-order valence-electron chi connectivity index (χ3n) is 6.65. The normalized spacial score (nSPS) is 27.8. The second-order valence-corrected chi connectivity index (χ2v) is 9.59. The van der Waals surface area contributed by atoms with E-state index < -0.39 is 51.8 Å². The fourth-order valence-electron chi connectivity index (χ4n) is 5.10. The summed E-state index contributed by atoms with van der Waals surface area (Å²) < 4.78 is 53.3. The first-order valence-corrected chi connectivity index (χ1v) is 11.2. The van der Waals surface area contributed by atoms with E-state index in [0.29, 0.717) is 21.3 Å². The van der Waals surface area contributed by atoms with Crippen molar-refractivity contribution in [3.05, 3.63) is 62.5 Å². The maximum atomic E-state index is 13.7. The minimum Gasteiger partial charge on any atom is -0.287 e. The highest BCUT2D eigenvalue weighted by Gasteiger charge is 2.73. The molecule has 5 rings (SSSR count). The van der Waals surface area contributed by atoms with Crippen LogP contribution in [0.1, 0.15) is 21.5 Å². The van der Waals surface area contributed by atoms with E-state index in [1.165, 1.54) is 18.2 Å². The number of carbonyl (C=O) groups excluding carboxylic acids is 3. The molecule has 3 heterocycles. The SMILES string of the molecule is N#Cc1ccc(N2C(=O)C3CN4CC(C(=O)c5ccc(F)c(C(F)(F)F)c5)[N+]3(C4)C2=O)cc1I. The van der Waals surface area contributed by atoms with E-state index in [1.807, 2.05) is 28.7 Å². The monoisotopic (exact) mass is 585 g/mol. The lowest BCUT2D eigenvalue weighted by atomic mass is 9.97. The lowest BCUT2D eigenvalue weighted by Gasteiger charge is -2.32. The Morgan fingerprint density at radius 1 is 1.15 bits per heavy atom. The number of urea groups is 1. The first-order chi connectivity index (χ1) is 16.0. The van der Waals surface area contributed by atoms with Crippen LogP contribution in [0.15, 0.2) is 36.4 Å². The number of hydrogen-bond acceptors (Lipinski definition) is 5. The number of fused-ring (bicyclic) bond motifs is 1. The summed E-state index contributed by atoms with van der Waals surface area (Å²) in [7, 11) is 0. The number of rotatable bonds is 3. The highest BCUT2D eigenvalue weighted by molar-refractivity contribution is 14.1. The summed E-state index contributed by atoms with van der Waals surface area (Å²) in [6.07, 6.45) is -4.99. The molecule has 1 spiro atoms. The van der Waals surface area contributed by atoms with Gasteiger partial charge in [-0.15, -0.1) is 0 Å². The number of carbonyl (C=O) groups is 3. The molecule has 3 saturated heterocycles. The first-order valence-electron chi connectivity index (χ1n) is 10.1. The van der Waals surface area contributed by atoms with Gasteiger partial charge in [0.2, 0.25) is 5.78 Å². The quantitative estimate of drug-likeness (QED) is 0.181. The van der Waals surface area contributed by atoms with Crippen molar-refractivity contribution in [3.63, 3.8) is 0 Å². The number of quaternary nitrogens is 1. The molecule has 0 N–H and O–H groups in total. The summed E-state index contributed by atoms with van der Waals surface area (Å²) >= 11 is 1.91. The van der Waals surface area contributed by atoms with Crippen molar-refractivity contribution in [2.45, 2.75) is 18.3 Å². The van der Waals surface area contributed by atoms with Crippen molar-refractivity contribution in [1.82, 2.24) is 4.90 Å². The Labute approximate surface area is 203 Å². The van der Waals surface area contributed by atoms with Crippen molar-refractivity contribution < 1.29 is 36.4 Å². The van der Waals surface area contributed by atoms with Crippen LogP contribution in [0.2, 0.25) is 0 Å². The number of nitrogens with zero attached hydrogens (tertiary/aromatic N) is 4. The second-order valence-electron chi connectivity index (χ2n) is 8.43. The Balaban J connectivity index is 1.54. The molecule has 3 aliphatic rings. The molecule has 7 nitrogen and oxygen atoms in total. The van der Waals surface area contributed by atoms with Crippen molar-refractivity contribution in [2.75, 3.05) is 24.7 Å². The van der Waals surface area contributed by atoms with Gasteiger partial charge in [-0.3, -0.25) is 9.59 Å². The zero-order valence-electron chi connectivity index (χ0n) is 17.1. The third kappa shape index (κ3) is 3.10. The Morgan fingerprint density at radius 3 is 2.53 bits per heavy atom. The Kier molecular flexibility index (Phi) is 5.08. The molecule has 2 bridgehead atoms. The fourth-order valence-corrected chi connectivity index (χ4v) is 5.72. The molecule has 0 aliphatic carbocycles. The highest BCUT2D eigenvalue weighted by Crippen LogP contribution is 2.44. The van der Waals surface area contributed by atoms with Gasteiger partial charge in [0.25, 0.3) is 5.91 Å². The molecule has 3 aliphatic heterocycles. The Hall–Kier alpha value is -2.89. The minimum absolute atomic E-state index is 0.0723. The van der Waals surface area contributed by atoms with Gasteiger partial charge in [0, 0.05) is 9.13 Å². The van der Waals surface area contributed by atoms with Crippen LogP contribution in [0.5, 0.6) is 0 Å². The summed E-state index contributed by atoms with van der Waals surface area (Å²) in [6.45, 7) is 0.393. The van der Waals surface area contributed by atoms with E-state index in [0.717, 1.165) is 11.0 Å². The molecular formula is C22H14F4IN4O3+. The smallest absolute Gasteiger partial charge is 0.287 e. The number of Topliss-reactive ketones (excluding diaryl/α,β-unsaturated/α-hetero) is 1. The van der Waals surface area contributed by atoms with Crippen LogP contribution >= 0.6 is 22.6 Å². The van der Waals surface area contributed by atoms with Crippen molar-refractivity contribution in [1.29, 1.82) is 5.26 Å². The predicted octanol–water partition coefficient (Wildman–Crippen LogP) is 3.51. The summed E-state index contributed by atoms with van der Waals surface area (Å²) in [5.41, 5.74) is -1.31. The van der Waals surface area contributed by atoms with Crippen LogP contribution in [-0.2, 0) is 11.0 Å². The van der Waals surface area contributed by atoms with Crippen LogP contribution < -0.4 is 4.90 Å². The molecule has 3 amide bonds. The first kappa shape index (κ1) is 22.9. The molecule has 0 saturated carbocycles. The van der Waals surface area contributed by atoms with Crippen LogP contribution in [0.3, 0.4) is 0 Å². The maximum absolute atomic E-state index is 13.7. The van der Waals surface area contributed by atoms with Gasteiger partial charge in [-0.05, 0) is 59.0 Å². The second kappa shape index (κ2) is 7.56. The number of imide groups is 1. The van der Waals surface area contributed by atoms with Gasteiger partial charge in [0.05, 0.1) is 29.9 Å². The number of nitriles is 1. The van der Waals surface area contributed by atoms with Crippen LogP contribution in [0.4, 0.5) is 28.0 Å².